The van der Waals surface area contributed by atoms with Crippen molar-refractivity contribution in [2.45, 2.75) is 88.9 Å². The standard InChI is InChI=1S/C47H56N6O7/c1-52(45(58)12-7-8-31-15-22-37(33-9-3-2-4-10-33)40(28-31)53(47(59)60)36-20-16-34(48)17-21-36)27-6-5-11-43(56)50-35-18-13-32(14-19-35)29-49-30-42(55)38-23-25-41(54)46-39(38)24-26-44(57)51-46/h2-4,9-10,13-15,18-19,22-26,28,34,36,42,49,54-55H,5-8,11-12,16-17,20-21,27,29-30,48H2,1H3,(H,50,56)(H,51,57)(H,59,60)/t34?,36?,42-/m0/s1. The lowest BCUT2D eigenvalue weighted by molar-refractivity contribution is -0.130. The number of rotatable bonds is 18. The van der Waals surface area contributed by atoms with Gasteiger partial charge in [0.15, 0.2) is 0 Å². The topological polar surface area (TPSA) is 201 Å². The van der Waals surface area contributed by atoms with Crippen LogP contribution < -0.4 is 26.8 Å². The molecule has 1 heterocycles. The lowest BCUT2D eigenvalue weighted by Gasteiger charge is -2.35. The number of H-pyrrole nitrogens is 1. The average Bonchev–Trinajstić information content (AvgIpc) is 3.24. The van der Waals surface area contributed by atoms with Gasteiger partial charge < -0.3 is 41.6 Å². The molecule has 3 amide bonds. The summed E-state index contributed by atoms with van der Waals surface area (Å²) in [5, 5.41) is 38.0. The molecular formula is C47H56N6O7. The number of hydrogen-bond acceptors (Lipinski definition) is 8. The number of aliphatic hydroxyl groups is 1. The van der Waals surface area contributed by atoms with Crippen molar-refractivity contribution in [1.82, 2.24) is 15.2 Å². The van der Waals surface area contributed by atoms with E-state index in [-0.39, 0.29) is 47.3 Å². The third-order valence-corrected chi connectivity index (χ3v) is 11.3. The molecule has 0 unspecified atom stereocenters. The summed E-state index contributed by atoms with van der Waals surface area (Å²) in [4.78, 5) is 55.9. The zero-order valence-electron chi connectivity index (χ0n) is 34.1. The molecule has 13 heteroatoms. The third kappa shape index (κ3) is 11.6. The van der Waals surface area contributed by atoms with Gasteiger partial charge in [-0.05, 0) is 104 Å². The minimum absolute atomic E-state index is 0.0294. The highest BCUT2D eigenvalue weighted by molar-refractivity contribution is 5.94. The van der Waals surface area contributed by atoms with E-state index in [4.69, 9.17) is 5.73 Å². The molecule has 1 saturated carbocycles. The highest BCUT2D eigenvalue weighted by Gasteiger charge is 2.31. The van der Waals surface area contributed by atoms with E-state index in [1.807, 2.05) is 72.8 Å². The van der Waals surface area contributed by atoms with Gasteiger partial charge in [-0.25, -0.2) is 4.79 Å². The molecule has 0 aliphatic heterocycles. The molecule has 60 heavy (non-hydrogen) atoms. The molecule has 1 fully saturated rings. The molecule has 316 valence electrons. The largest absolute Gasteiger partial charge is 0.506 e. The molecule has 1 aliphatic rings. The first-order valence-corrected chi connectivity index (χ1v) is 20.8. The number of aromatic nitrogens is 1. The van der Waals surface area contributed by atoms with Crippen molar-refractivity contribution >= 4 is 40.2 Å². The van der Waals surface area contributed by atoms with Gasteiger partial charge >= 0.3 is 6.09 Å². The van der Waals surface area contributed by atoms with Gasteiger partial charge in [-0.1, -0.05) is 60.7 Å². The summed E-state index contributed by atoms with van der Waals surface area (Å²) in [6.07, 6.45) is 4.43. The van der Waals surface area contributed by atoms with Crippen molar-refractivity contribution in [2.75, 3.05) is 30.4 Å². The quantitative estimate of drug-likeness (QED) is 0.0452. The number of amides is 3. The second-order valence-electron chi connectivity index (χ2n) is 15.7. The predicted octanol–water partition coefficient (Wildman–Crippen LogP) is 7.07. The number of carbonyl (C=O) groups excluding carboxylic acids is 2. The van der Waals surface area contributed by atoms with Crippen LogP contribution in [-0.4, -0.2) is 75.3 Å². The van der Waals surface area contributed by atoms with Gasteiger partial charge in [0, 0.05) is 74.3 Å². The Kier molecular flexibility index (Phi) is 15.1. The van der Waals surface area contributed by atoms with E-state index >= 15 is 0 Å². The lowest BCUT2D eigenvalue weighted by atomic mass is 9.89. The molecule has 1 aromatic heterocycles. The molecule has 0 spiro atoms. The van der Waals surface area contributed by atoms with E-state index in [0.717, 1.165) is 47.9 Å². The zero-order valence-corrected chi connectivity index (χ0v) is 34.1. The molecule has 5 aromatic rings. The zero-order chi connectivity index (χ0) is 42.6. The molecule has 0 bridgehead atoms. The van der Waals surface area contributed by atoms with E-state index in [2.05, 4.69) is 15.6 Å². The summed E-state index contributed by atoms with van der Waals surface area (Å²) < 4.78 is 0. The highest BCUT2D eigenvalue weighted by atomic mass is 16.4. The van der Waals surface area contributed by atoms with Crippen LogP contribution in [0, 0.1) is 0 Å². The van der Waals surface area contributed by atoms with Gasteiger partial charge in [-0.3, -0.25) is 19.3 Å². The Balaban J connectivity index is 0.905. The fourth-order valence-corrected chi connectivity index (χ4v) is 7.95. The summed E-state index contributed by atoms with van der Waals surface area (Å²) in [5.41, 5.74) is 11.8. The molecule has 1 aliphatic carbocycles. The number of carbonyl (C=O) groups is 3. The summed E-state index contributed by atoms with van der Waals surface area (Å²) in [7, 11) is 1.78. The van der Waals surface area contributed by atoms with Crippen LogP contribution >= 0.6 is 0 Å². The summed E-state index contributed by atoms with van der Waals surface area (Å²) in [6.45, 7) is 1.27. The first-order valence-electron chi connectivity index (χ1n) is 20.8. The molecule has 6 rings (SSSR count). The number of nitrogens with one attached hydrogen (secondary N) is 3. The number of aromatic hydroxyl groups is 1. The first kappa shape index (κ1) is 43.6. The Labute approximate surface area is 350 Å². The maximum Gasteiger partial charge on any atom is 0.412 e. The number of aliphatic hydroxyl groups excluding tert-OH is 1. The number of nitrogens with two attached hydrogens (primary N) is 1. The number of hydrogen-bond donors (Lipinski definition) is 7. The van der Waals surface area contributed by atoms with Gasteiger partial charge in [0.1, 0.15) is 5.75 Å². The third-order valence-electron chi connectivity index (χ3n) is 11.3. The normalized spacial score (nSPS) is 15.7. The Morgan fingerprint density at radius 2 is 1.60 bits per heavy atom. The minimum atomic E-state index is -0.975. The molecule has 0 radical (unpaired) electrons. The number of nitrogens with zero attached hydrogens (tertiary/aromatic N) is 2. The van der Waals surface area contributed by atoms with Gasteiger partial charge in [-0.15, -0.1) is 0 Å². The van der Waals surface area contributed by atoms with Crippen LogP contribution in [0.25, 0.3) is 22.0 Å². The second kappa shape index (κ2) is 20.8. The van der Waals surface area contributed by atoms with E-state index in [9.17, 15) is 34.5 Å². The molecule has 1 atom stereocenters. The van der Waals surface area contributed by atoms with Crippen LogP contribution in [0.4, 0.5) is 16.2 Å². The lowest BCUT2D eigenvalue weighted by Crippen LogP contribution is -2.44. The van der Waals surface area contributed by atoms with E-state index < -0.39 is 12.2 Å². The highest BCUT2D eigenvalue weighted by Crippen LogP contribution is 2.36. The van der Waals surface area contributed by atoms with Crippen molar-refractivity contribution in [3.8, 4) is 16.9 Å². The number of aryl methyl sites for hydroxylation is 1. The Morgan fingerprint density at radius 3 is 2.33 bits per heavy atom. The summed E-state index contributed by atoms with van der Waals surface area (Å²) in [5.74, 6) is -0.137. The number of phenolic OH excluding ortho intramolecular Hbond substituents is 1. The van der Waals surface area contributed by atoms with Gasteiger partial charge in [-0.2, -0.15) is 0 Å². The summed E-state index contributed by atoms with van der Waals surface area (Å²) in [6, 6.07) is 29.2. The number of anilines is 2. The molecule has 0 saturated heterocycles. The van der Waals surface area contributed by atoms with Crippen molar-refractivity contribution in [3.05, 3.63) is 124 Å². The van der Waals surface area contributed by atoms with Crippen LogP contribution in [0.2, 0.25) is 0 Å². The van der Waals surface area contributed by atoms with E-state index in [0.29, 0.717) is 73.9 Å². The van der Waals surface area contributed by atoms with Crippen LogP contribution in [0.5, 0.6) is 5.75 Å². The number of aromatic amines is 1. The first-order chi connectivity index (χ1) is 29.0. The number of phenols is 1. The molecule has 4 aromatic carbocycles. The second-order valence-corrected chi connectivity index (χ2v) is 15.7. The monoisotopic (exact) mass is 816 g/mol. The van der Waals surface area contributed by atoms with Crippen molar-refractivity contribution in [1.29, 1.82) is 0 Å². The number of unbranched alkanes of at least 4 members (excludes halogenated alkanes) is 1. The predicted molar refractivity (Wildman–Crippen MR) is 235 cm³/mol. The van der Waals surface area contributed by atoms with Gasteiger partial charge in [0.05, 0.1) is 17.3 Å². The van der Waals surface area contributed by atoms with Crippen LogP contribution in [-0.2, 0) is 22.6 Å². The van der Waals surface area contributed by atoms with Gasteiger partial charge in [0.2, 0.25) is 17.4 Å². The number of benzene rings is 4. The van der Waals surface area contributed by atoms with E-state index in [1.165, 1.54) is 17.0 Å². The van der Waals surface area contributed by atoms with E-state index in [1.54, 1.807) is 24.1 Å². The fourth-order valence-electron chi connectivity index (χ4n) is 7.95. The Bertz CT molecular complexity index is 2290. The van der Waals surface area contributed by atoms with Crippen molar-refractivity contribution in [2.24, 2.45) is 5.73 Å². The van der Waals surface area contributed by atoms with Crippen molar-refractivity contribution in [3.63, 3.8) is 0 Å². The fraction of sp³-hybridized carbons (Fsp3) is 0.362. The molecule has 13 nitrogen and oxygen atoms in total. The van der Waals surface area contributed by atoms with Crippen LogP contribution in [0.1, 0.15) is 80.6 Å². The van der Waals surface area contributed by atoms with Crippen LogP contribution in [0.15, 0.2) is 102 Å². The van der Waals surface area contributed by atoms with Crippen LogP contribution in [0.3, 0.4) is 0 Å². The van der Waals surface area contributed by atoms with Crippen molar-refractivity contribution < 1.29 is 29.7 Å². The Hall–Kier alpha value is -6.02. The average molecular weight is 817 g/mol. The van der Waals surface area contributed by atoms with Gasteiger partial charge in [0.25, 0.3) is 0 Å². The summed E-state index contributed by atoms with van der Waals surface area (Å²) >= 11 is 0. The number of pyridine rings is 1. The number of fused-ring (bicyclic) bond motifs is 1. The SMILES string of the molecule is CN(CCCCC(=O)Nc1ccc(CNC[C@H](O)c2ccc(O)c3[nH]c(=O)ccc23)cc1)C(=O)CCCc1ccc(-c2ccccc2)c(N(C(=O)O)C2CCC(N)CC2)c1. The number of carboxylic acid groups (broad SMARTS) is 1. The maximum absolute atomic E-state index is 13.0. The maximum atomic E-state index is 13.0. The molecular weight excluding hydrogens is 761 g/mol. The molecule has 8 N–H and O–H groups in total. The minimum Gasteiger partial charge on any atom is -0.506 e. The smallest absolute Gasteiger partial charge is 0.412 e. The Morgan fingerprint density at radius 1 is 0.867 bits per heavy atom.